The van der Waals surface area contributed by atoms with Crippen molar-refractivity contribution in [2.75, 3.05) is 25.6 Å². The molecule has 0 radical (unpaired) electrons. The number of unbranched alkanes of at least 4 members (excludes halogenated alkanes) is 2. The monoisotopic (exact) mass is 212 g/mol. The van der Waals surface area contributed by atoms with Crippen LogP contribution in [0, 0.1) is 5.95 Å². The Morgan fingerprint density at radius 2 is 2.27 bits per heavy atom. The fourth-order valence-electron chi connectivity index (χ4n) is 1.29. The van der Waals surface area contributed by atoms with E-state index in [0.717, 1.165) is 38.1 Å². The van der Waals surface area contributed by atoms with Crippen LogP contribution in [0.1, 0.15) is 19.3 Å². The van der Waals surface area contributed by atoms with Crippen molar-refractivity contribution in [1.82, 2.24) is 4.98 Å². The second kappa shape index (κ2) is 7.17. The Morgan fingerprint density at radius 3 is 3.00 bits per heavy atom. The Balaban J connectivity index is 2.10. The number of hydrogen-bond acceptors (Lipinski definition) is 3. The molecule has 0 aromatic carbocycles. The average molecular weight is 212 g/mol. The van der Waals surface area contributed by atoms with Crippen LogP contribution in [0.2, 0.25) is 0 Å². The summed E-state index contributed by atoms with van der Waals surface area (Å²) in [5.41, 5.74) is 0.786. The molecular formula is C11H17FN2O. The second-order valence-corrected chi connectivity index (χ2v) is 3.35. The van der Waals surface area contributed by atoms with Crippen LogP contribution in [-0.2, 0) is 4.74 Å². The molecule has 1 N–H and O–H groups in total. The van der Waals surface area contributed by atoms with Gasteiger partial charge in [-0.2, -0.15) is 4.39 Å². The van der Waals surface area contributed by atoms with Crippen LogP contribution < -0.4 is 5.32 Å². The summed E-state index contributed by atoms with van der Waals surface area (Å²) in [5.74, 6) is -0.445. The van der Waals surface area contributed by atoms with Crippen LogP contribution in [0.25, 0.3) is 0 Å². The third-order valence-electron chi connectivity index (χ3n) is 2.08. The van der Waals surface area contributed by atoms with E-state index in [1.807, 2.05) is 0 Å². The van der Waals surface area contributed by atoms with Crippen LogP contribution in [0.5, 0.6) is 0 Å². The smallest absolute Gasteiger partial charge is 0.214 e. The van der Waals surface area contributed by atoms with Crippen LogP contribution in [0.15, 0.2) is 18.3 Å². The van der Waals surface area contributed by atoms with Crippen LogP contribution >= 0.6 is 0 Å². The Morgan fingerprint density at radius 1 is 1.40 bits per heavy atom. The summed E-state index contributed by atoms with van der Waals surface area (Å²) in [6.45, 7) is 1.66. The van der Waals surface area contributed by atoms with Gasteiger partial charge in [-0.05, 0) is 25.3 Å². The fraction of sp³-hybridized carbons (Fsp3) is 0.545. The molecule has 0 saturated heterocycles. The first-order valence-corrected chi connectivity index (χ1v) is 5.17. The molecule has 0 bridgehead atoms. The summed E-state index contributed by atoms with van der Waals surface area (Å²) in [6, 6.07) is 3.16. The molecule has 1 rings (SSSR count). The van der Waals surface area contributed by atoms with Gasteiger partial charge in [0.25, 0.3) is 0 Å². The van der Waals surface area contributed by atoms with Crippen molar-refractivity contribution in [3.05, 3.63) is 24.3 Å². The number of aromatic nitrogens is 1. The van der Waals surface area contributed by atoms with Crippen molar-refractivity contribution in [2.24, 2.45) is 0 Å². The molecule has 4 heteroatoms. The quantitative estimate of drug-likeness (QED) is 0.557. The maximum absolute atomic E-state index is 12.7. The molecule has 3 nitrogen and oxygen atoms in total. The maximum atomic E-state index is 12.7. The van der Waals surface area contributed by atoms with Gasteiger partial charge < -0.3 is 10.1 Å². The number of halogens is 1. The number of methoxy groups -OCH3 is 1. The molecule has 0 unspecified atom stereocenters. The average Bonchev–Trinajstić information content (AvgIpc) is 2.23. The molecule has 0 saturated carbocycles. The largest absolute Gasteiger partial charge is 0.385 e. The van der Waals surface area contributed by atoms with E-state index in [1.54, 1.807) is 13.2 Å². The second-order valence-electron chi connectivity index (χ2n) is 3.35. The summed E-state index contributed by atoms with van der Waals surface area (Å²) < 4.78 is 17.6. The number of rotatable bonds is 7. The van der Waals surface area contributed by atoms with E-state index >= 15 is 0 Å². The van der Waals surface area contributed by atoms with Gasteiger partial charge in [-0.25, -0.2) is 4.98 Å². The van der Waals surface area contributed by atoms with Crippen LogP contribution in [-0.4, -0.2) is 25.2 Å². The highest BCUT2D eigenvalue weighted by molar-refractivity contribution is 5.40. The SMILES string of the molecule is COCCCCCNc1ccnc(F)c1. The lowest BCUT2D eigenvalue weighted by Crippen LogP contribution is -2.02. The van der Waals surface area contributed by atoms with Crippen molar-refractivity contribution in [3.63, 3.8) is 0 Å². The summed E-state index contributed by atoms with van der Waals surface area (Å²) in [6.07, 6.45) is 4.72. The van der Waals surface area contributed by atoms with Crippen molar-refractivity contribution in [3.8, 4) is 0 Å². The zero-order chi connectivity index (χ0) is 10.9. The summed E-state index contributed by atoms with van der Waals surface area (Å²) in [7, 11) is 1.71. The number of hydrogen-bond donors (Lipinski definition) is 1. The molecule has 84 valence electrons. The molecule has 0 aliphatic heterocycles. The third kappa shape index (κ3) is 5.32. The molecule has 0 amide bonds. The maximum Gasteiger partial charge on any atom is 0.214 e. The van der Waals surface area contributed by atoms with E-state index in [4.69, 9.17) is 4.74 Å². The minimum Gasteiger partial charge on any atom is -0.385 e. The normalized spacial score (nSPS) is 10.3. The fourth-order valence-corrected chi connectivity index (χ4v) is 1.29. The van der Waals surface area contributed by atoms with Gasteiger partial charge in [0.05, 0.1) is 0 Å². The highest BCUT2D eigenvalue weighted by atomic mass is 19.1. The first-order valence-electron chi connectivity index (χ1n) is 5.17. The van der Waals surface area contributed by atoms with Crippen molar-refractivity contribution < 1.29 is 9.13 Å². The molecule has 15 heavy (non-hydrogen) atoms. The minimum atomic E-state index is -0.445. The van der Waals surface area contributed by atoms with E-state index in [9.17, 15) is 4.39 Å². The van der Waals surface area contributed by atoms with Crippen molar-refractivity contribution in [2.45, 2.75) is 19.3 Å². The number of nitrogens with zero attached hydrogens (tertiary/aromatic N) is 1. The third-order valence-corrected chi connectivity index (χ3v) is 2.08. The predicted molar refractivity (Wildman–Crippen MR) is 58.4 cm³/mol. The highest BCUT2D eigenvalue weighted by Gasteiger charge is 1.94. The molecule has 1 aromatic heterocycles. The van der Waals surface area contributed by atoms with E-state index < -0.39 is 5.95 Å². The molecule has 0 aliphatic rings. The molecule has 0 spiro atoms. The minimum absolute atomic E-state index is 0.445. The molecule has 1 aromatic rings. The van der Waals surface area contributed by atoms with Crippen molar-refractivity contribution in [1.29, 1.82) is 0 Å². The standard InChI is InChI=1S/C11H17FN2O/c1-15-8-4-2-3-6-13-10-5-7-14-11(12)9-10/h5,7,9H,2-4,6,8H2,1H3,(H,13,14). The van der Waals surface area contributed by atoms with Gasteiger partial charge in [0, 0.05) is 38.2 Å². The molecule has 0 aliphatic carbocycles. The van der Waals surface area contributed by atoms with Gasteiger partial charge in [0.15, 0.2) is 0 Å². The summed E-state index contributed by atoms with van der Waals surface area (Å²) >= 11 is 0. The van der Waals surface area contributed by atoms with Crippen molar-refractivity contribution >= 4 is 5.69 Å². The molecular weight excluding hydrogens is 195 g/mol. The Hall–Kier alpha value is -1.16. The van der Waals surface area contributed by atoms with Crippen LogP contribution in [0.4, 0.5) is 10.1 Å². The Kier molecular flexibility index (Phi) is 5.70. The van der Waals surface area contributed by atoms with E-state index in [1.165, 1.54) is 12.3 Å². The number of ether oxygens (including phenoxy) is 1. The zero-order valence-corrected chi connectivity index (χ0v) is 9.00. The van der Waals surface area contributed by atoms with Gasteiger partial charge in [-0.15, -0.1) is 0 Å². The van der Waals surface area contributed by atoms with Gasteiger partial charge >= 0.3 is 0 Å². The Bertz CT molecular complexity index is 281. The summed E-state index contributed by atoms with van der Waals surface area (Å²) in [4.78, 5) is 3.49. The first kappa shape index (κ1) is 11.9. The molecule has 1 heterocycles. The van der Waals surface area contributed by atoms with Crippen LogP contribution in [0.3, 0.4) is 0 Å². The van der Waals surface area contributed by atoms with Gasteiger partial charge in [0.2, 0.25) is 5.95 Å². The van der Waals surface area contributed by atoms with Gasteiger partial charge in [-0.3, -0.25) is 0 Å². The lowest BCUT2D eigenvalue weighted by atomic mass is 10.2. The molecule has 0 atom stereocenters. The van der Waals surface area contributed by atoms with Gasteiger partial charge in [0.1, 0.15) is 0 Å². The van der Waals surface area contributed by atoms with E-state index in [2.05, 4.69) is 10.3 Å². The van der Waals surface area contributed by atoms with E-state index in [0.29, 0.717) is 0 Å². The number of anilines is 1. The number of pyridine rings is 1. The Labute approximate surface area is 89.7 Å². The number of nitrogens with one attached hydrogen (secondary N) is 1. The summed E-state index contributed by atoms with van der Waals surface area (Å²) in [5, 5.41) is 3.14. The topological polar surface area (TPSA) is 34.1 Å². The lowest BCUT2D eigenvalue weighted by molar-refractivity contribution is 0.192. The van der Waals surface area contributed by atoms with Gasteiger partial charge in [-0.1, -0.05) is 0 Å². The zero-order valence-electron chi connectivity index (χ0n) is 9.00. The predicted octanol–water partition coefficient (Wildman–Crippen LogP) is 2.45. The lowest BCUT2D eigenvalue weighted by Gasteiger charge is -2.05. The first-order chi connectivity index (χ1) is 7.33. The van der Waals surface area contributed by atoms with E-state index in [-0.39, 0.29) is 0 Å². The molecule has 0 fully saturated rings. The highest BCUT2D eigenvalue weighted by Crippen LogP contribution is 2.07.